The molecule has 2 aliphatic heterocycles. The quantitative estimate of drug-likeness (QED) is 0.570. The van der Waals surface area contributed by atoms with Gasteiger partial charge in [0.15, 0.2) is 0 Å². The molecule has 2 aliphatic rings. The summed E-state index contributed by atoms with van der Waals surface area (Å²) in [6.07, 6.45) is 0. The highest BCUT2D eigenvalue weighted by Crippen LogP contribution is 2.36. The van der Waals surface area contributed by atoms with Gasteiger partial charge in [0.05, 0.1) is 10.7 Å². The third-order valence-corrected chi connectivity index (χ3v) is 8.14. The first kappa shape index (κ1) is 24.4. The molecule has 2 saturated heterocycles. The van der Waals surface area contributed by atoms with Crippen molar-refractivity contribution in [3.05, 3.63) is 58.1 Å². The Bertz CT molecular complexity index is 931. The molecule has 2 heterocycles. The lowest BCUT2D eigenvalue weighted by atomic mass is 9.88. The van der Waals surface area contributed by atoms with E-state index < -0.39 is 0 Å². The van der Waals surface area contributed by atoms with Crippen LogP contribution < -0.4 is 9.80 Å². The first-order valence-corrected chi connectivity index (χ1v) is 12.9. The highest BCUT2D eigenvalue weighted by Gasteiger charge is 2.33. The van der Waals surface area contributed by atoms with Gasteiger partial charge >= 0.3 is 0 Å². The molecular formula is C28H41ClN4. The average Bonchev–Trinajstić information content (AvgIpc) is 2.79. The molecule has 0 amide bonds. The van der Waals surface area contributed by atoms with Crippen molar-refractivity contribution in [2.75, 3.05) is 62.2 Å². The third kappa shape index (κ3) is 5.03. The van der Waals surface area contributed by atoms with E-state index in [2.05, 4.69) is 85.4 Å². The maximum absolute atomic E-state index is 6.45. The van der Waals surface area contributed by atoms with E-state index >= 15 is 0 Å². The number of rotatable bonds is 5. The molecule has 4 nitrogen and oxygen atoms in total. The Kier molecular flexibility index (Phi) is 7.28. The number of hydrogen-bond acceptors (Lipinski definition) is 4. The van der Waals surface area contributed by atoms with Crippen LogP contribution in [0, 0.1) is 13.8 Å². The number of anilines is 2. The second-order valence-corrected chi connectivity index (χ2v) is 11.0. The predicted octanol–water partition coefficient (Wildman–Crippen LogP) is 5.54. The van der Waals surface area contributed by atoms with Gasteiger partial charge in [0.2, 0.25) is 0 Å². The van der Waals surface area contributed by atoms with Crippen molar-refractivity contribution >= 4 is 23.0 Å². The Balaban J connectivity index is 1.47. The van der Waals surface area contributed by atoms with Gasteiger partial charge < -0.3 is 9.80 Å². The number of aryl methyl sites for hydroxylation is 2. The van der Waals surface area contributed by atoms with Gasteiger partial charge in [-0.15, -0.1) is 0 Å². The molecule has 33 heavy (non-hydrogen) atoms. The number of benzene rings is 2. The summed E-state index contributed by atoms with van der Waals surface area (Å²) in [6.45, 7) is 22.6. The van der Waals surface area contributed by atoms with Crippen LogP contribution in [0.3, 0.4) is 0 Å². The summed E-state index contributed by atoms with van der Waals surface area (Å²) in [7, 11) is 0. The Morgan fingerprint density at radius 2 is 1.33 bits per heavy atom. The van der Waals surface area contributed by atoms with E-state index in [1.807, 2.05) is 12.1 Å². The molecule has 4 rings (SSSR count). The molecule has 180 valence electrons. The maximum atomic E-state index is 6.45. The van der Waals surface area contributed by atoms with Crippen LogP contribution in [0.15, 0.2) is 36.4 Å². The Morgan fingerprint density at radius 3 is 1.88 bits per heavy atom. The van der Waals surface area contributed by atoms with Crippen molar-refractivity contribution in [1.82, 2.24) is 9.80 Å². The molecule has 2 aromatic carbocycles. The fourth-order valence-corrected chi connectivity index (χ4v) is 5.92. The van der Waals surface area contributed by atoms with Crippen molar-refractivity contribution in [1.29, 1.82) is 0 Å². The van der Waals surface area contributed by atoms with Crippen molar-refractivity contribution in [2.45, 2.75) is 53.1 Å². The molecule has 0 unspecified atom stereocenters. The molecule has 0 saturated carbocycles. The van der Waals surface area contributed by atoms with Gasteiger partial charge in [-0.05, 0) is 70.4 Å². The molecule has 0 radical (unpaired) electrons. The van der Waals surface area contributed by atoms with Gasteiger partial charge in [0, 0.05) is 69.6 Å². The minimum absolute atomic E-state index is 0.00301. The van der Waals surface area contributed by atoms with Crippen LogP contribution in [-0.2, 0) is 5.54 Å². The molecule has 0 atom stereocenters. The normalized spacial score (nSPS) is 18.9. The van der Waals surface area contributed by atoms with Gasteiger partial charge in [-0.2, -0.15) is 0 Å². The van der Waals surface area contributed by atoms with Gasteiger partial charge in [-0.1, -0.05) is 35.9 Å². The van der Waals surface area contributed by atoms with Crippen LogP contribution >= 0.6 is 11.6 Å². The third-order valence-electron chi connectivity index (χ3n) is 7.82. The van der Waals surface area contributed by atoms with Crippen LogP contribution in [0.4, 0.5) is 11.4 Å². The molecule has 0 spiro atoms. The number of piperazine rings is 2. The summed E-state index contributed by atoms with van der Waals surface area (Å²) < 4.78 is 0. The van der Waals surface area contributed by atoms with E-state index in [0.717, 1.165) is 63.1 Å². The van der Waals surface area contributed by atoms with Gasteiger partial charge in [0.1, 0.15) is 0 Å². The Hall–Kier alpha value is -1.75. The number of para-hydroxylation sites is 1. The molecule has 0 bridgehead atoms. The van der Waals surface area contributed by atoms with Gasteiger partial charge in [0.25, 0.3) is 0 Å². The van der Waals surface area contributed by atoms with Crippen LogP contribution in [0.25, 0.3) is 0 Å². The summed E-state index contributed by atoms with van der Waals surface area (Å²) in [5.74, 6) is 0. The van der Waals surface area contributed by atoms with E-state index in [9.17, 15) is 0 Å². The zero-order valence-corrected chi connectivity index (χ0v) is 22.1. The summed E-state index contributed by atoms with van der Waals surface area (Å²) >= 11 is 6.45. The average molecular weight is 469 g/mol. The molecular weight excluding hydrogens is 428 g/mol. The number of hydrogen-bond donors (Lipinski definition) is 0. The zero-order valence-electron chi connectivity index (χ0n) is 21.4. The smallest absolute Gasteiger partial charge is 0.0639 e. The van der Waals surface area contributed by atoms with E-state index in [4.69, 9.17) is 11.6 Å². The van der Waals surface area contributed by atoms with Crippen molar-refractivity contribution in [3.63, 3.8) is 0 Å². The summed E-state index contributed by atoms with van der Waals surface area (Å²) in [4.78, 5) is 10.2. The highest BCUT2D eigenvalue weighted by atomic mass is 35.5. The minimum atomic E-state index is -0.00301. The standard InChI is InChI=1S/C28H41ClN4/c1-21(2)30-11-13-32(14-12-30)27-22(3)19-24(20-23(27)4)28(5,6)33-17-15-31(16-18-33)26-10-8-7-9-25(26)29/h7-10,19-21H,11-18H2,1-6H3. The molecule has 5 heteroatoms. The second-order valence-electron chi connectivity index (χ2n) is 10.6. The Morgan fingerprint density at radius 1 is 0.788 bits per heavy atom. The number of nitrogens with zero attached hydrogens (tertiary/aromatic N) is 4. The van der Waals surface area contributed by atoms with Crippen LogP contribution in [0.5, 0.6) is 0 Å². The van der Waals surface area contributed by atoms with E-state index in [1.165, 1.54) is 22.4 Å². The fourth-order valence-electron chi connectivity index (χ4n) is 5.67. The van der Waals surface area contributed by atoms with Crippen molar-refractivity contribution in [3.8, 4) is 0 Å². The van der Waals surface area contributed by atoms with Crippen LogP contribution in [-0.4, -0.2) is 68.2 Å². The molecule has 0 aliphatic carbocycles. The first-order valence-electron chi connectivity index (χ1n) is 12.5. The van der Waals surface area contributed by atoms with Crippen LogP contribution in [0.2, 0.25) is 5.02 Å². The summed E-state index contributed by atoms with van der Waals surface area (Å²) in [5.41, 5.74) is 6.84. The largest absolute Gasteiger partial charge is 0.369 e. The SMILES string of the molecule is Cc1cc(C(C)(C)N2CCN(c3ccccc3Cl)CC2)cc(C)c1N1CCN(C(C)C)CC1. The van der Waals surface area contributed by atoms with Crippen molar-refractivity contribution < 1.29 is 0 Å². The summed E-state index contributed by atoms with van der Waals surface area (Å²) in [6, 6.07) is 13.7. The first-order chi connectivity index (χ1) is 15.7. The van der Waals surface area contributed by atoms with Gasteiger partial charge in [-0.3, -0.25) is 9.80 Å². The van der Waals surface area contributed by atoms with E-state index in [1.54, 1.807) is 0 Å². The topological polar surface area (TPSA) is 13.0 Å². The Labute approximate surface area is 206 Å². The van der Waals surface area contributed by atoms with Crippen molar-refractivity contribution in [2.24, 2.45) is 0 Å². The van der Waals surface area contributed by atoms with E-state index in [0.29, 0.717) is 6.04 Å². The lowest BCUT2D eigenvalue weighted by Gasteiger charge is -2.45. The lowest BCUT2D eigenvalue weighted by molar-refractivity contribution is 0.111. The second kappa shape index (κ2) is 9.85. The lowest BCUT2D eigenvalue weighted by Crippen LogP contribution is -2.53. The molecule has 2 fully saturated rings. The molecule has 0 N–H and O–H groups in total. The molecule has 0 aromatic heterocycles. The molecule has 2 aromatic rings. The van der Waals surface area contributed by atoms with Crippen LogP contribution in [0.1, 0.15) is 44.4 Å². The maximum Gasteiger partial charge on any atom is 0.0639 e. The van der Waals surface area contributed by atoms with E-state index in [-0.39, 0.29) is 5.54 Å². The summed E-state index contributed by atoms with van der Waals surface area (Å²) in [5, 5.41) is 0.848. The zero-order chi connectivity index (χ0) is 23.8. The fraction of sp³-hybridized carbons (Fsp3) is 0.571. The van der Waals surface area contributed by atoms with Gasteiger partial charge in [-0.25, -0.2) is 0 Å². The minimum Gasteiger partial charge on any atom is -0.369 e. The number of halogens is 1. The monoisotopic (exact) mass is 468 g/mol. The predicted molar refractivity (Wildman–Crippen MR) is 143 cm³/mol. The highest BCUT2D eigenvalue weighted by molar-refractivity contribution is 6.33.